The number of aromatic nitrogens is 4. The van der Waals surface area contributed by atoms with Crippen LogP contribution >= 0.6 is 0 Å². The Balaban J connectivity index is 2.04. The van der Waals surface area contributed by atoms with Crippen molar-refractivity contribution in [3.05, 3.63) is 16.7 Å². The number of carbonyl (C=O) groups excluding carboxylic acids is 1. The number of aromatic amines is 1. The molecule has 1 fully saturated rings. The van der Waals surface area contributed by atoms with Gasteiger partial charge < -0.3 is 14.9 Å². The Labute approximate surface area is 160 Å². The van der Waals surface area contributed by atoms with Crippen LogP contribution in [0.1, 0.15) is 20.1 Å². The van der Waals surface area contributed by atoms with Gasteiger partial charge in [-0.05, 0) is 0 Å². The summed E-state index contributed by atoms with van der Waals surface area (Å²) < 4.78 is 48.6. The number of aliphatic hydroxyl groups is 2. The number of H-pyrrole nitrogens is 1. The first-order chi connectivity index (χ1) is 13.5. The van der Waals surface area contributed by atoms with E-state index >= 15 is 0 Å². The zero-order chi connectivity index (χ0) is 21.5. The van der Waals surface area contributed by atoms with Crippen LogP contribution in [0.4, 0.5) is 19.1 Å². The van der Waals surface area contributed by atoms with E-state index in [0.29, 0.717) is 0 Å². The molecule has 3 rings (SSSR count). The number of anilines is 1. The van der Waals surface area contributed by atoms with E-state index in [1.54, 1.807) is 13.8 Å². The third-order valence-electron chi connectivity index (χ3n) is 4.23. The lowest BCUT2D eigenvalue weighted by Gasteiger charge is -2.23. The SMILES string of the molecule is CC(C)C(=O)Nc1nc2c(ncn2[C@@H]2O[C@H](CO)[C@@H](O)[C@H]2OC(F)(F)F)c(=O)[nH]1. The van der Waals surface area contributed by atoms with Crippen LogP contribution in [0.3, 0.4) is 0 Å². The number of ether oxygens (including phenoxy) is 2. The fraction of sp³-hybridized carbons (Fsp3) is 0.600. The van der Waals surface area contributed by atoms with Gasteiger partial charge >= 0.3 is 6.36 Å². The Kier molecular flexibility index (Phi) is 5.62. The van der Waals surface area contributed by atoms with Gasteiger partial charge in [-0.1, -0.05) is 13.8 Å². The van der Waals surface area contributed by atoms with Crippen LogP contribution in [0, 0.1) is 5.92 Å². The normalized spacial score (nSPS) is 25.1. The third-order valence-corrected chi connectivity index (χ3v) is 4.23. The van der Waals surface area contributed by atoms with Gasteiger partial charge in [0.1, 0.15) is 18.3 Å². The molecule has 160 valence electrons. The van der Waals surface area contributed by atoms with Gasteiger partial charge in [0.25, 0.3) is 5.56 Å². The standard InChI is InChI=1S/C15H18F3N5O6/c1-5(2)11(26)21-14-20-10-7(12(27)22-14)19-4-23(10)13-9(29-15(16,17)18)8(25)6(3-24)28-13/h4-6,8-9,13,24-25H,3H2,1-2H3,(H2,20,21,22,26,27)/t6-,8-,9-,13-/m1/s1. The molecule has 1 aliphatic rings. The number of carbonyl (C=O) groups is 1. The van der Waals surface area contributed by atoms with E-state index in [1.807, 2.05) is 0 Å². The number of fused-ring (bicyclic) bond motifs is 1. The smallest absolute Gasteiger partial charge is 0.394 e. The Morgan fingerprint density at radius 2 is 2.17 bits per heavy atom. The molecule has 0 radical (unpaired) electrons. The molecule has 14 heteroatoms. The molecule has 0 unspecified atom stereocenters. The number of nitrogens with one attached hydrogen (secondary N) is 2. The topological polar surface area (TPSA) is 152 Å². The zero-order valence-electron chi connectivity index (χ0n) is 15.2. The van der Waals surface area contributed by atoms with Crippen LogP contribution in [0.2, 0.25) is 0 Å². The number of hydrogen-bond acceptors (Lipinski definition) is 8. The van der Waals surface area contributed by atoms with Gasteiger partial charge in [-0.2, -0.15) is 4.98 Å². The predicted octanol–water partition coefficient (Wildman–Crippen LogP) is -0.130. The van der Waals surface area contributed by atoms with E-state index in [0.717, 1.165) is 10.9 Å². The highest BCUT2D eigenvalue weighted by atomic mass is 19.4. The van der Waals surface area contributed by atoms with Crippen molar-refractivity contribution in [1.82, 2.24) is 19.5 Å². The zero-order valence-corrected chi connectivity index (χ0v) is 15.2. The highest BCUT2D eigenvalue weighted by Gasteiger charge is 2.50. The van der Waals surface area contributed by atoms with Crippen molar-refractivity contribution in [2.24, 2.45) is 5.92 Å². The monoisotopic (exact) mass is 421 g/mol. The van der Waals surface area contributed by atoms with Gasteiger partial charge in [-0.3, -0.25) is 29.2 Å². The van der Waals surface area contributed by atoms with Crippen LogP contribution in [0.5, 0.6) is 0 Å². The molecule has 1 saturated heterocycles. The molecule has 1 amide bonds. The maximum absolute atomic E-state index is 12.8. The van der Waals surface area contributed by atoms with Gasteiger partial charge in [-0.25, -0.2) is 4.98 Å². The molecule has 0 aromatic carbocycles. The average Bonchev–Trinajstić information content (AvgIpc) is 3.16. The second kappa shape index (κ2) is 7.70. The largest absolute Gasteiger partial charge is 0.523 e. The maximum atomic E-state index is 12.8. The summed E-state index contributed by atoms with van der Waals surface area (Å²) in [5, 5.41) is 21.7. The van der Waals surface area contributed by atoms with E-state index in [1.165, 1.54) is 0 Å². The quantitative estimate of drug-likeness (QED) is 0.521. The number of hydrogen-bond donors (Lipinski definition) is 4. The average molecular weight is 421 g/mol. The minimum Gasteiger partial charge on any atom is -0.394 e. The molecule has 0 aliphatic carbocycles. The Bertz CT molecular complexity index is 958. The summed E-state index contributed by atoms with van der Waals surface area (Å²) >= 11 is 0. The molecule has 0 bridgehead atoms. The molecular weight excluding hydrogens is 403 g/mol. The minimum atomic E-state index is -5.10. The summed E-state index contributed by atoms with van der Waals surface area (Å²) in [5.74, 6) is -1.12. The van der Waals surface area contributed by atoms with Crippen molar-refractivity contribution in [1.29, 1.82) is 0 Å². The number of aliphatic hydroxyl groups excluding tert-OH is 2. The van der Waals surface area contributed by atoms with Crippen LogP contribution < -0.4 is 10.9 Å². The fourth-order valence-corrected chi connectivity index (χ4v) is 2.81. The highest BCUT2D eigenvalue weighted by Crippen LogP contribution is 2.36. The van der Waals surface area contributed by atoms with Crippen molar-refractivity contribution in [2.75, 3.05) is 11.9 Å². The summed E-state index contributed by atoms with van der Waals surface area (Å²) in [4.78, 5) is 34.2. The molecule has 4 N–H and O–H groups in total. The molecule has 4 atom stereocenters. The number of alkyl halides is 3. The predicted molar refractivity (Wildman–Crippen MR) is 89.5 cm³/mol. The molecule has 0 spiro atoms. The molecule has 0 saturated carbocycles. The number of halogens is 3. The summed E-state index contributed by atoms with van der Waals surface area (Å²) in [6.07, 6.45) is -10.9. The summed E-state index contributed by atoms with van der Waals surface area (Å²) in [6.45, 7) is 2.45. The minimum absolute atomic E-state index is 0.209. The maximum Gasteiger partial charge on any atom is 0.523 e. The Morgan fingerprint density at radius 3 is 2.76 bits per heavy atom. The Morgan fingerprint density at radius 1 is 1.48 bits per heavy atom. The summed E-state index contributed by atoms with van der Waals surface area (Å²) in [7, 11) is 0. The molecule has 3 heterocycles. The van der Waals surface area contributed by atoms with Gasteiger partial charge in [0.2, 0.25) is 11.9 Å². The lowest BCUT2D eigenvalue weighted by atomic mass is 10.1. The van der Waals surface area contributed by atoms with Gasteiger partial charge in [0, 0.05) is 5.92 Å². The van der Waals surface area contributed by atoms with Crippen molar-refractivity contribution >= 4 is 23.0 Å². The number of amides is 1. The van der Waals surface area contributed by atoms with Gasteiger partial charge in [0.05, 0.1) is 12.9 Å². The molecule has 2 aromatic heterocycles. The number of imidazole rings is 1. The fourth-order valence-electron chi connectivity index (χ4n) is 2.81. The van der Waals surface area contributed by atoms with Crippen LogP contribution in [-0.4, -0.2) is 66.9 Å². The highest BCUT2D eigenvalue weighted by molar-refractivity contribution is 5.91. The van der Waals surface area contributed by atoms with E-state index < -0.39 is 54.9 Å². The molecular formula is C15H18F3N5O6. The second-order valence-corrected chi connectivity index (χ2v) is 6.65. The van der Waals surface area contributed by atoms with Crippen LogP contribution in [0.15, 0.2) is 11.1 Å². The van der Waals surface area contributed by atoms with Crippen molar-refractivity contribution < 1.29 is 37.7 Å². The van der Waals surface area contributed by atoms with E-state index in [4.69, 9.17) is 4.74 Å². The summed E-state index contributed by atoms with van der Waals surface area (Å²) in [5.41, 5.74) is -1.19. The van der Waals surface area contributed by atoms with Crippen LogP contribution in [-0.2, 0) is 14.3 Å². The second-order valence-electron chi connectivity index (χ2n) is 6.65. The van der Waals surface area contributed by atoms with E-state index in [2.05, 4.69) is 25.0 Å². The van der Waals surface area contributed by atoms with Crippen LogP contribution in [0.25, 0.3) is 11.2 Å². The van der Waals surface area contributed by atoms with Crippen molar-refractivity contribution in [3.8, 4) is 0 Å². The van der Waals surface area contributed by atoms with Crippen molar-refractivity contribution in [3.63, 3.8) is 0 Å². The van der Waals surface area contributed by atoms with Gasteiger partial charge in [0.15, 0.2) is 17.4 Å². The van der Waals surface area contributed by atoms with Crippen molar-refractivity contribution in [2.45, 2.75) is 44.7 Å². The number of rotatable bonds is 5. The number of nitrogens with zero attached hydrogens (tertiary/aromatic N) is 3. The lowest BCUT2D eigenvalue weighted by Crippen LogP contribution is -2.39. The molecule has 29 heavy (non-hydrogen) atoms. The third kappa shape index (κ3) is 4.24. The molecule has 1 aliphatic heterocycles. The van der Waals surface area contributed by atoms with Gasteiger partial charge in [-0.15, -0.1) is 13.2 Å². The molecule has 2 aromatic rings. The Hall–Kier alpha value is -2.55. The van der Waals surface area contributed by atoms with E-state index in [9.17, 15) is 33.0 Å². The first-order valence-corrected chi connectivity index (χ1v) is 8.48. The molecule has 11 nitrogen and oxygen atoms in total. The first kappa shape index (κ1) is 21.2. The lowest BCUT2D eigenvalue weighted by molar-refractivity contribution is -0.355. The van der Waals surface area contributed by atoms with E-state index in [-0.39, 0.29) is 17.1 Å². The first-order valence-electron chi connectivity index (χ1n) is 8.48. The summed E-state index contributed by atoms with van der Waals surface area (Å²) in [6, 6.07) is 0.